The summed E-state index contributed by atoms with van der Waals surface area (Å²) in [5.74, 6) is -1.72. The van der Waals surface area contributed by atoms with Crippen LogP contribution in [0.15, 0.2) is 71.2 Å². The number of carbonyl (C=O) groups excluding carboxylic acids is 4. The lowest BCUT2D eigenvalue weighted by Crippen LogP contribution is -2.29. The smallest absolute Gasteiger partial charge is 0.338 e. The average Bonchev–Trinajstić information content (AvgIpc) is 3.32. The molecule has 38 heavy (non-hydrogen) atoms. The molecule has 1 heterocycles. The molecule has 0 spiro atoms. The first kappa shape index (κ1) is 27.3. The number of nitrogens with one attached hydrogen (secondary N) is 1. The van der Waals surface area contributed by atoms with Gasteiger partial charge in [-0.2, -0.15) is 0 Å². The number of Topliss-reactive ketones (excluding diaryl/α,β-unsaturated/α-hetero) is 1. The highest BCUT2D eigenvalue weighted by Crippen LogP contribution is 2.33. The van der Waals surface area contributed by atoms with Crippen LogP contribution in [0.2, 0.25) is 0 Å². The van der Waals surface area contributed by atoms with E-state index in [1.54, 1.807) is 41.3 Å². The summed E-state index contributed by atoms with van der Waals surface area (Å²) in [4.78, 5) is 52.2. The van der Waals surface area contributed by atoms with Crippen LogP contribution in [-0.2, 0) is 27.2 Å². The van der Waals surface area contributed by atoms with Gasteiger partial charge in [0.25, 0.3) is 0 Å². The lowest BCUT2D eigenvalue weighted by atomic mass is 10.0. The first-order valence-corrected chi connectivity index (χ1v) is 13.4. The predicted molar refractivity (Wildman–Crippen MR) is 149 cm³/mol. The SMILES string of the molecule is CCc1cccc(CC)c1N1C[C@@H](C(=O)Nc2ccc(C(=O)OCC(=O)c3ccc(Br)cc3)cc2)CC1=O. The van der Waals surface area contributed by atoms with Crippen LogP contribution >= 0.6 is 15.9 Å². The van der Waals surface area contributed by atoms with Crippen LogP contribution < -0.4 is 10.2 Å². The van der Waals surface area contributed by atoms with E-state index in [9.17, 15) is 19.2 Å². The van der Waals surface area contributed by atoms with E-state index in [0.717, 1.165) is 34.1 Å². The van der Waals surface area contributed by atoms with E-state index in [1.165, 1.54) is 12.1 Å². The first-order valence-electron chi connectivity index (χ1n) is 12.6. The van der Waals surface area contributed by atoms with Gasteiger partial charge in [-0.05, 0) is 60.4 Å². The van der Waals surface area contributed by atoms with E-state index in [-0.39, 0.29) is 36.2 Å². The monoisotopic (exact) mass is 576 g/mol. The lowest BCUT2D eigenvalue weighted by Gasteiger charge is -2.23. The van der Waals surface area contributed by atoms with Crippen LogP contribution in [0.3, 0.4) is 0 Å². The van der Waals surface area contributed by atoms with E-state index in [1.807, 2.05) is 18.2 Å². The Balaban J connectivity index is 1.34. The molecule has 1 atom stereocenters. The molecule has 0 aliphatic carbocycles. The zero-order valence-corrected chi connectivity index (χ0v) is 22.9. The van der Waals surface area contributed by atoms with Crippen molar-refractivity contribution in [3.63, 3.8) is 0 Å². The Morgan fingerprint density at radius 3 is 2.13 bits per heavy atom. The number of ether oxygens (including phenoxy) is 1. The number of halogens is 1. The van der Waals surface area contributed by atoms with Crippen LogP contribution in [0.4, 0.5) is 11.4 Å². The minimum atomic E-state index is -0.633. The van der Waals surface area contributed by atoms with Crippen LogP contribution in [0.1, 0.15) is 52.1 Å². The molecule has 1 saturated heterocycles. The van der Waals surface area contributed by atoms with Crippen molar-refractivity contribution in [3.8, 4) is 0 Å². The van der Waals surface area contributed by atoms with Gasteiger partial charge in [0.1, 0.15) is 0 Å². The summed E-state index contributed by atoms with van der Waals surface area (Å²) in [7, 11) is 0. The average molecular weight is 577 g/mol. The molecule has 0 aromatic heterocycles. The van der Waals surface area contributed by atoms with Crippen molar-refractivity contribution in [3.05, 3.63) is 93.5 Å². The Morgan fingerprint density at radius 2 is 1.53 bits per heavy atom. The van der Waals surface area contributed by atoms with Crippen molar-refractivity contribution in [1.82, 2.24) is 0 Å². The third-order valence-corrected chi connectivity index (χ3v) is 7.15. The Kier molecular flexibility index (Phi) is 8.73. The summed E-state index contributed by atoms with van der Waals surface area (Å²) < 4.78 is 6.00. The summed E-state index contributed by atoms with van der Waals surface area (Å²) in [5, 5.41) is 2.85. The second-order valence-electron chi connectivity index (χ2n) is 9.11. The number of aryl methyl sites for hydroxylation is 2. The maximum absolute atomic E-state index is 13.0. The molecule has 8 heteroatoms. The quantitative estimate of drug-likeness (QED) is 0.264. The molecule has 1 aliphatic heterocycles. The molecule has 196 valence electrons. The number of anilines is 2. The van der Waals surface area contributed by atoms with Crippen molar-refractivity contribution >= 4 is 50.9 Å². The van der Waals surface area contributed by atoms with Crippen LogP contribution in [0, 0.1) is 5.92 Å². The molecule has 0 bridgehead atoms. The third-order valence-electron chi connectivity index (χ3n) is 6.62. The van der Waals surface area contributed by atoms with Gasteiger partial charge < -0.3 is 15.0 Å². The number of esters is 1. The Bertz CT molecular complexity index is 1330. The Labute approximate surface area is 230 Å². The molecular weight excluding hydrogens is 548 g/mol. The highest BCUT2D eigenvalue weighted by molar-refractivity contribution is 9.10. The molecule has 7 nitrogen and oxygen atoms in total. The maximum Gasteiger partial charge on any atom is 0.338 e. The van der Waals surface area contributed by atoms with Crippen molar-refractivity contribution in [2.45, 2.75) is 33.1 Å². The molecule has 0 saturated carbocycles. The van der Waals surface area contributed by atoms with Crippen LogP contribution in [0.5, 0.6) is 0 Å². The minimum Gasteiger partial charge on any atom is -0.454 e. The summed E-state index contributed by atoms with van der Waals surface area (Å²) in [5.41, 5.74) is 4.34. The maximum atomic E-state index is 13.0. The molecule has 0 radical (unpaired) electrons. The highest BCUT2D eigenvalue weighted by atomic mass is 79.9. The topological polar surface area (TPSA) is 92.8 Å². The Hall–Kier alpha value is -3.78. The van der Waals surface area contributed by atoms with Gasteiger partial charge in [-0.15, -0.1) is 0 Å². The number of ketones is 1. The van der Waals surface area contributed by atoms with Gasteiger partial charge >= 0.3 is 5.97 Å². The number of amides is 2. The number of nitrogens with zero attached hydrogens (tertiary/aromatic N) is 1. The van der Waals surface area contributed by atoms with E-state index in [2.05, 4.69) is 35.1 Å². The van der Waals surface area contributed by atoms with Gasteiger partial charge in [0.2, 0.25) is 11.8 Å². The fourth-order valence-electron chi connectivity index (χ4n) is 4.53. The fraction of sp³-hybridized carbons (Fsp3) is 0.267. The number of hydrogen-bond donors (Lipinski definition) is 1. The van der Waals surface area contributed by atoms with Crippen molar-refractivity contribution in [1.29, 1.82) is 0 Å². The summed E-state index contributed by atoms with van der Waals surface area (Å²) in [6.45, 7) is 4.07. The van der Waals surface area contributed by atoms with Gasteiger partial charge in [-0.1, -0.05) is 60.1 Å². The number of benzene rings is 3. The van der Waals surface area contributed by atoms with Gasteiger partial charge in [-0.25, -0.2) is 4.79 Å². The van der Waals surface area contributed by atoms with Gasteiger partial charge in [0.05, 0.1) is 11.5 Å². The van der Waals surface area contributed by atoms with E-state index in [0.29, 0.717) is 17.8 Å². The summed E-state index contributed by atoms with van der Waals surface area (Å²) in [6.07, 6.45) is 1.75. The number of carbonyl (C=O) groups is 4. The zero-order chi connectivity index (χ0) is 27.2. The molecular formula is C30H29BrN2O5. The minimum absolute atomic E-state index is 0.0588. The normalized spacial score (nSPS) is 14.9. The largest absolute Gasteiger partial charge is 0.454 e. The molecule has 2 amide bonds. The van der Waals surface area contributed by atoms with Gasteiger partial charge in [0.15, 0.2) is 12.4 Å². The predicted octanol–water partition coefficient (Wildman–Crippen LogP) is 5.61. The molecule has 0 unspecified atom stereocenters. The van der Waals surface area contributed by atoms with Crippen molar-refractivity contribution < 1.29 is 23.9 Å². The molecule has 4 rings (SSSR count). The molecule has 1 N–H and O–H groups in total. The van der Waals surface area contributed by atoms with Crippen LogP contribution in [0.25, 0.3) is 0 Å². The molecule has 1 aliphatic rings. The lowest BCUT2D eigenvalue weighted by molar-refractivity contribution is -0.122. The second kappa shape index (κ2) is 12.2. The number of rotatable bonds is 9. The van der Waals surface area contributed by atoms with Gasteiger partial charge in [-0.3, -0.25) is 14.4 Å². The fourth-order valence-corrected chi connectivity index (χ4v) is 4.79. The van der Waals surface area contributed by atoms with Crippen LogP contribution in [-0.4, -0.2) is 36.7 Å². The van der Waals surface area contributed by atoms with Crippen molar-refractivity contribution in [2.75, 3.05) is 23.4 Å². The van der Waals surface area contributed by atoms with Gasteiger partial charge in [0, 0.05) is 34.4 Å². The number of hydrogen-bond acceptors (Lipinski definition) is 5. The molecule has 3 aromatic rings. The second-order valence-corrected chi connectivity index (χ2v) is 10.0. The van der Waals surface area contributed by atoms with E-state index in [4.69, 9.17) is 4.74 Å². The summed E-state index contributed by atoms with van der Waals surface area (Å²) in [6, 6.07) is 19.1. The summed E-state index contributed by atoms with van der Waals surface area (Å²) >= 11 is 3.31. The first-order chi connectivity index (χ1) is 18.3. The number of para-hydroxylation sites is 1. The van der Waals surface area contributed by atoms with E-state index >= 15 is 0 Å². The standard InChI is InChI=1S/C30H29BrN2O5/c1-3-19-6-5-7-20(4-2)28(19)33-17-23(16-27(33)35)29(36)32-25-14-10-22(11-15-25)30(37)38-18-26(34)21-8-12-24(31)13-9-21/h5-15,23H,3-4,16-18H2,1-2H3,(H,32,36)/t23-/m0/s1. The Morgan fingerprint density at radius 1 is 0.921 bits per heavy atom. The highest BCUT2D eigenvalue weighted by Gasteiger charge is 2.36. The molecule has 3 aromatic carbocycles. The zero-order valence-electron chi connectivity index (χ0n) is 21.3. The van der Waals surface area contributed by atoms with E-state index < -0.39 is 11.9 Å². The molecule has 1 fully saturated rings. The third kappa shape index (κ3) is 6.19. The van der Waals surface area contributed by atoms with Crippen molar-refractivity contribution in [2.24, 2.45) is 5.92 Å².